The third-order valence-electron chi connectivity index (χ3n) is 2.41. The summed E-state index contributed by atoms with van der Waals surface area (Å²) in [6.07, 6.45) is 1.49. The van der Waals surface area contributed by atoms with Gasteiger partial charge in [0.2, 0.25) is 0 Å². The second-order valence-electron chi connectivity index (χ2n) is 4.58. The van der Waals surface area contributed by atoms with Crippen LogP contribution >= 0.6 is 11.8 Å². The van der Waals surface area contributed by atoms with Crippen molar-refractivity contribution in [1.29, 1.82) is 0 Å². The predicted molar refractivity (Wildman–Crippen MR) is 75.6 cm³/mol. The first-order valence-electron chi connectivity index (χ1n) is 6.04. The Morgan fingerprint density at radius 3 is 2.56 bits per heavy atom. The van der Waals surface area contributed by atoms with Crippen LogP contribution in [0.5, 0.6) is 0 Å². The molecule has 0 radical (unpaired) electrons. The lowest BCUT2D eigenvalue weighted by atomic mass is 10.1. The Bertz CT molecular complexity index is 379. The molecule has 4 heteroatoms. The van der Waals surface area contributed by atoms with Crippen molar-refractivity contribution in [3.05, 3.63) is 35.9 Å². The van der Waals surface area contributed by atoms with Crippen molar-refractivity contribution in [1.82, 2.24) is 5.32 Å². The van der Waals surface area contributed by atoms with Gasteiger partial charge >= 0.3 is 0 Å². The van der Waals surface area contributed by atoms with E-state index in [-0.39, 0.29) is 11.3 Å². The number of carbonyl (C=O) groups excluding carboxylic acids is 2. The largest absolute Gasteiger partial charge is 0.337 e. The lowest BCUT2D eigenvalue weighted by Gasteiger charge is -2.14. The zero-order valence-electron chi connectivity index (χ0n) is 10.8. The lowest BCUT2D eigenvalue weighted by Crippen LogP contribution is -2.34. The van der Waals surface area contributed by atoms with Gasteiger partial charge in [-0.2, -0.15) is 0 Å². The number of carbonyl (C=O) groups is 2. The maximum Gasteiger partial charge on any atom is 0.279 e. The molecular weight excluding hydrogens is 246 g/mol. The first kappa shape index (κ1) is 14.8. The smallest absolute Gasteiger partial charge is 0.279 e. The van der Waals surface area contributed by atoms with Crippen molar-refractivity contribution in [3.63, 3.8) is 0 Å². The normalized spacial score (nSPS) is 12.2. The summed E-state index contributed by atoms with van der Waals surface area (Å²) in [5, 5.41) is 2.58. The molecule has 1 amide bonds. The van der Waals surface area contributed by atoms with Crippen molar-refractivity contribution >= 4 is 23.3 Å². The highest BCUT2D eigenvalue weighted by Crippen LogP contribution is 2.13. The van der Waals surface area contributed by atoms with Crippen LogP contribution in [0, 0.1) is 5.92 Å². The van der Waals surface area contributed by atoms with E-state index in [1.165, 1.54) is 11.8 Å². The Hall–Kier alpha value is -1.29. The fourth-order valence-corrected chi connectivity index (χ4v) is 2.30. The van der Waals surface area contributed by atoms with E-state index in [1.54, 1.807) is 0 Å². The number of benzene rings is 1. The number of amides is 1. The highest BCUT2D eigenvalue weighted by molar-refractivity contribution is 8.12. The standard InChI is InChI=1S/C14H19NO2S/c1-11(2)8-13(9-16)15-14(17)18-10-12-6-4-3-5-7-12/h3-7,9,11,13H,8,10H2,1-2H3,(H,15,17)/t13-/m0/s1. The van der Waals surface area contributed by atoms with Crippen LogP contribution in [0.4, 0.5) is 4.79 Å². The molecule has 0 fully saturated rings. The van der Waals surface area contributed by atoms with Crippen LogP contribution in [0.3, 0.4) is 0 Å². The predicted octanol–water partition coefficient (Wildman–Crippen LogP) is 3.24. The zero-order chi connectivity index (χ0) is 13.4. The molecule has 0 saturated carbocycles. The molecule has 0 aliphatic heterocycles. The number of rotatable bonds is 6. The van der Waals surface area contributed by atoms with E-state index < -0.39 is 0 Å². The Labute approximate surface area is 112 Å². The summed E-state index contributed by atoms with van der Waals surface area (Å²) in [6.45, 7) is 4.06. The number of thioether (sulfide) groups is 1. The second-order valence-corrected chi connectivity index (χ2v) is 5.53. The molecule has 0 bridgehead atoms. The van der Waals surface area contributed by atoms with Gasteiger partial charge in [-0.1, -0.05) is 55.9 Å². The van der Waals surface area contributed by atoms with Gasteiger partial charge in [0, 0.05) is 5.75 Å². The van der Waals surface area contributed by atoms with E-state index in [4.69, 9.17) is 0 Å². The van der Waals surface area contributed by atoms with Gasteiger partial charge in [-0.3, -0.25) is 4.79 Å². The second kappa shape index (κ2) is 7.93. The van der Waals surface area contributed by atoms with E-state index in [0.29, 0.717) is 18.1 Å². The maximum absolute atomic E-state index is 11.7. The fraction of sp³-hybridized carbons (Fsp3) is 0.429. The van der Waals surface area contributed by atoms with Crippen LogP contribution < -0.4 is 5.32 Å². The van der Waals surface area contributed by atoms with Crippen molar-refractivity contribution in [2.45, 2.75) is 32.1 Å². The molecule has 0 aliphatic rings. The van der Waals surface area contributed by atoms with Crippen LogP contribution in [0.2, 0.25) is 0 Å². The fourth-order valence-electron chi connectivity index (χ4n) is 1.57. The molecule has 0 spiro atoms. The first-order valence-corrected chi connectivity index (χ1v) is 7.03. The molecule has 0 heterocycles. The minimum Gasteiger partial charge on any atom is -0.337 e. The van der Waals surface area contributed by atoms with Gasteiger partial charge in [0.25, 0.3) is 5.24 Å². The molecule has 3 nitrogen and oxygen atoms in total. The molecule has 1 aromatic rings. The number of hydrogen-bond donors (Lipinski definition) is 1. The highest BCUT2D eigenvalue weighted by atomic mass is 32.2. The van der Waals surface area contributed by atoms with Crippen LogP contribution in [-0.4, -0.2) is 17.6 Å². The van der Waals surface area contributed by atoms with Crippen LogP contribution in [0.15, 0.2) is 30.3 Å². The summed E-state index contributed by atoms with van der Waals surface area (Å²) < 4.78 is 0. The number of aldehydes is 1. The van der Waals surface area contributed by atoms with Gasteiger partial charge in [0.1, 0.15) is 6.29 Å². The third-order valence-corrected chi connectivity index (χ3v) is 3.26. The minimum atomic E-state index is -0.374. The molecule has 0 unspecified atom stereocenters. The van der Waals surface area contributed by atoms with Gasteiger partial charge in [-0.15, -0.1) is 0 Å². The van der Waals surface area contributed by atoms with Crippen molar-refractivity contribution in [2.24, 2.45) is 5.92 Å². The van der Waals surface area contributed by atoms with Crippen LogP contribution in [0.1, 0.15) is 25.8 Å². The topological polar surface area (TPSA) is 46.2 Å². The van der Waals surface area contributed by atoms with E-state index in [9.17, 15) is 9.59 Å². The third kappa shape index (κ3) is 5.87. The molecule has 1 rings (SSSR count). The van der Waals surface area contributed by atoms with Gasteiger partial charge in [0.05, 0.1) is 6.04 Å². The zero-order valence-corrected chi connectivity index (χ0v) is 11.6. The summed E-state index contributed by atoms with van der Waals surface area (Å²) in [7, 11) is 0. The van der Waals surface area contributed by atoms with Gasteiger partial charge in [0.15, 0.2) is 0 Å². The quantitative estimate of drug-likeness (QED) is 0.803. The summed E-state index contributed by atoms with van der Waals surface area (Å²) in [4.78, 5) is 22.5. The molecular formula is C14H19NO2S. The van der Waals surface area contributed by atoms with Gasteiger partial charge in [-0.25, -0.2) is 0 Å². The number of nitrogens with one attached hydrogen (secondary N) is 1. The van der Waals surface area contributed by atoms with Crippen molar-refractivity contribution < 1.29 is 9.59 Å². The molecule has 0 aromatic heterocycles. The van der Waals surface area contributed by atoms with E-state index >= 15 is 0 Å². The average molecular weight is 265 g/mol. The van der Waals surface area contributed by atoms with Crippen molar-refractivity contribution in [3.8, 4) is 0 Å². The van der Waals surface area contributed by atoms with Crippen molar-refractivity contribution in [2.75, 3.05) is 0 Å². The van der Waals surface area contributed by atoms with E-state index in [0.717, 1.165) is 11.8 Å². The molecule has 1 aromatic carbocycles. The number of hydrogen-bond acceptors (Lipinski definition) is 3. The molecule has 98 valence electrons. The summed E-state index contributed by atoms with van der Waals surface area (Å²) in [5.74, 6) is 1.01. The monoisotopic (exact) mass is 265 g/mol. The van der Waals surface area contributed by atoms with Gasteiger partial charge < -0.3 is 10.1 Å². The lowest BCUT2D eigenvalue weighted by molar-refractivity contribution is -0.109. The minimum absolute atomic E-state index is 0.142. The molecule has 1 atom stereocenters. The van der Waals surface area contributed by atoms with E-state index in [2.05, 4.69) is 5.32 Å². The molecule has 0 saturated heterocycles. The molecule has 0 aliphatic carbocycles. The highest BCUT2D eigenvalue weighted by Gasteiger charge is 2.13. The van der Waals surface area contributed by atoms with Crippen LogP contribution in [-0.2, 0) is 10.5 Å². The van der Waals surface area contributed by atoms with E-state index in [1.807, 2.05) is 44.2 Å². The summed E-state index contributed by atoms with van der Waals surface area (Å²) >= 11 is 1.19. The molecule has 18 heavy (non-hydrogen) atoms. The first-order chi connectivity index (χ1) is 8.61. The van der Waals surface area contributed by atoms with Gasteiger partial charge in [-0.05, 0) is 17.9 Å². The Morgan fingerprint density at radius 2 is 2.00 bits per heavy atom. The summed E-state index contributed by atoms with van der Waals surface area (Å²) in [6, 6.07) is 9.42. The Kier molecular flexibility index (Phi) is 6.50. The molecule has 1 N–H and O–H groups in total. The maximum atomic E-state index is 11.7. The average Bonchev–Trinajstić information content (AvgIpc) is 2.36. The van der Waals surface area contributed by atoms with Crippen LogP contribution in [0.25, 0.3) is 0 Å². The summed E-state index contributed by atoms with van der Waals surface area (Å²) in [5.41, 5.74) is 1.10. The Morgan fingerprint density at radius 1 is 1.33 bits per heavy atom. The Balaban J connectivity index is 2.34. The SMILES string of the molecule is CC(C)C[C@@H](C=O)NC(=O)SCc1ccccc1.